The van der Waals surface area contributed by atoms with Gasteiger partial charge in [-0.2, -0.15) is 13.2 Å². The van der Waals surface area contributed by atoms with Crippen LogP contribution >= 0.6 is 0 Å². The van der Waals surface area contributed by atoms with E-state index in [0.717, 1.165) is 47.4 Å². The molecule has 2 aromatic heterocycles. The van der Waals surface area contributed by atoms with Gasteiger partial charge in [0, 0.05) is 48.9 Å². The number of aromatic nitrogens is 2. The zero-order valence-electron chi connectivity index (χ0n) is 21.0. The second-order valence-corrected chi connectivity index (χ2v) is 9.59. The van der Waals surface area contributed by atoms with E-state index < -0.39 is 17.6 Å². The summed E-state index contributed by atoms with van der Waals surface area (Å²) in [6, 6.07) is 8.14. The number of benzene rings is 1. The van der Waals surface area contributed by atoms with E-state index in [1.165, 1.54) is 0 Å². The molecule has 7 nitrogen and oxygen atoms in total. The number of halogens is 3. The summed E-state index contributed by atoms with van der Waals surface area (Å²) in [5.41, 5.74) is 2.83. The maximum absolute atomic E-state index is 13.2. The smallest absolute Gasteiger partial charge is 0.381 e. The lowest BCUT2D eigenvalue weighted by molar-refractivity contribution is -0.137. The molecule has 0 bridgehead atoms. The maximum Gasteiger partial charge on any atom is 0.417 e. The highest BCUT2D eigenvalue weighted by Crippen LogP contribution is 2.44. The summed E-state index contributed by atoms with van der Waals surface area (Å²) in [6.07, 6.45) is 0.581. The van der Waals surface area contributed by atoms with Gasteiger partial charge in [0.25, 0.3) is 5.91 Å². The minimum absolute atomic E-state index is 0.00634. The monoisotopic (exact) mass is 524 g/mol. The highest BCUT2D eigenvalue weighted by Gasteiger charge is 2.41. The Morgan fingerprint density at radius 3 is 2.74 bits per heavy atom. The Kier molecular flexibility index (Phi) is 6.92. The van der Waals surface area contributed by atoms with E-state index in [1.807, 2.05) is 19.9 Å². The molecule has 5 rings (SSSR count). The fourth-order valence-electron chi connectivity index (χ4n) is 5.21. The van der Waals surface area contributed by atoms with Crippen molar-refractivity contribution in [1.29, 1.82) is 0 Å². The minimum Gasteiger partial charge on any atom is -0.381 e. The molecule has 198 valence electrons. The number of carbonyl (C=O) groups excluding carboxylic acids is 2. The van der Waals surface area contributed by atoms with Crippen LogP contribution in [0.3, 0.4) is 0 Å². The van der Waals surface area contributed by atoms with E-state index in [-0.39, 0.29) is 23.3 Å². The summed E-state index contributed by atoms with van der Waals surface area (Å²) < 4.78 is 44.9. The van der Waals surface area contributed by atoms with Gasteiger partial charge < -0.3 is 10.1 Å². The summed E-state index contributed by atoms with van der Waals surface area (Å²) in [5.74, 6) is -0.234. The summed E-state index contributed by atoms with van der Waals surface area (Å²) >= 11 is 0. The minimum atomic E-state index is -4.60. The number of anilines is 2. The number of rotatable bonds is 4. The van der Waals surface area contributed by atoms with Gasteiger partial charge in [0.2, 0.25) is 5.91 Å². The number of amides is 2. The second-order valence-electron chi connectivity index (χ2n) is 9.59. The number of hydrogen-bond donors (Lipinski definition) is 1. The number of carbonyl (C=O) groups is 2. The number of nitrogens with one attached hydrogen (secondary N) is 1. The maximum atomic E-state index is 13.2. The van der Waals surface area contributed by atoms with Gasteiger partial charge in [0.05, 0.1) is 23.7 Å². The molecule has 1 fully saturated rings. The average molecular weight is 525 g/mol. The van der Waals surface area contributed by atoms with Crippen molar-refractivity contribution in [1.82, 2.24) is 9.97 Å². The van der Waals surface area contributed by atoms with Crippen molar-refractivity contribution in [2.45, 2.75) is 38.8 Å². The van der Waals surface area contributed by atoms with Crippen LogP contribution in [0.4, 0.5) is 24.7 Å². The van der Waals surface area contributed by atoms with Crippen LogP contribution in [0.2, 0.25) is 0 Å². The average Bonchev–Trinajstić information content (AvgIpc) is 3.16. The quantitative estimate of drug-likeness (QED) is 0.480. The third-order valence-corrected chi connectivity index (χ3v) is 7.17. The Bertz CT molecular complexity index is 1390. The number of hydrogen-bond acceptors (Lipinski definition) is 5. The number of ether oxygens (including phenoxy) is 1. The molecule has 0 aliphatic carbocycles. The largest absolute Gasteiger partial charge is 0.417 e. The number of pyridine rings is 2. The van der Waals surface area contributed by atoms with Gasteiger partial charge in [-0.15, -0.1) is 0 Å². The van der Waals surface area contributed by atoms with E-state index in [9.17, 15) is 22.8 Å². The standard InChI is InChI=1S/C28H27F3N4O3/c1-3-35-25-23(21-5-4-8-38-15-24(21)27(35)37)10-17(13-33-25)22-11-20(7-6-16(22)2)34-26(36)18-9-19(14-32-12-18)28(29,30)31/h6-7,9-14,21,24H,3-5,8,15H2,1-2H3,(H,34,36)/t21-,24+/m0/s1. The van der Waals surface area contributed by atoms with E-state index in [1.54, 1.807) is 23.2 Å². The van der Waals surface area contributed by atoms with Crippen LogP contribution in [-0.2, 0) is 15.7 Å². The van der Waals surface area contributed by atoms with Crippen LogP contribution in [0, 0.1) is 12.8 Å². The van der Waals surface area contributed by atoms with E-state index in [2.05, 4.69) is 16.4 Å². The fourth-order valence-corrected chi connectivity index (χ4v) is 5.21. The Hall–Kier alpha value is -3.79. The van der Waals surface area contributed by atoms with Crippen molar-refractivity contribution in [2.24, 2.45) is 5.92 Å². The first-order valence-corrected chi connectivity index (χ1v) is 12.5. The molecule has 0 unspecified atom stereocenters. The summed E-state index contributed by atoms with van der Waals surface area (Å²) in [5, 5.41) is 2.68. The lowest BCUT2D eigenvalue weighted by Gasteiger charge is -2.37. The van der Waals surface area contributed by atoms with Crippen LogP contribution in [0.25, 0.3) is 11.1 Å². The molecule has 2 aliphatic rings. The van der Waals surface area contributed by atoms with Gasteiger partial charge in [-0.1, -0.05) is 6.07 Å². The zero-order valence-corrected chi connectivity index (χ0v) is 21.0. The number of aryl methyl sites for hydroxylation is 1. The van der Waals surface area contributed by atoms with Crippen molar-refractivity contribution in [3.63, 3.8) is 0 Å². The van der Waals surface area contributed by atoms with Gasteiger partial charge in [-0.3, -0.25) is 19.5 Å². The van der Waals surface area contributed by atoms with Crippen molar-refractivity contribution in [3.05, 3.63) is 71.2 Å². The van der Waals surface area contributed by atoms with Gasteiger partial charge in [0.1, 0.15) is 5.82 Å². The van der Waals surface area contributed by atoms with E-state index in [4.69, 9.17) is 9.72 Å². The molecule has 4 heterocycles. The number of fused-ring (bicyclic) bond motifs is 3. The third-order valence-electron chi connectivity index (χ3n) is 7.17. The molecule has 2 atom stereocenters. The van der Waals surface area contributed by atoms with E-state index >= 15 is 0 Å². The molecule has 2 amide bonds. The Morgan fingerprint density at radius 2 is 1.97 bits per heavy atom. The van der Waals surface area contributed by atoms with Crippen LogP contribution in [0.15, 0.2) is 48.9 Å². The van der Waals surface area contributed by atoms with Crippen LogP contribution < -0.4 is 10.2 Å². The predicted molar refractivity (Wildman–Crippen MR) is 136 cm³/mol. The topological polar surface area (TPSA) is 84.4 Å². The molecule has 1 aromatic carbocycles. The zero-order chi connectivity index (χ0) is 27.0. The number of alkyl halides is 3. The summed E-state index contributed by atoms with van der Waals surface area (Å²) in [4.78, 5) is 35.9. The second kappa shape index (κ2) is 10.2. The summed E-state index contributed by atoms with van der Waals surface area (Å²) in [6.45, 7) is 5.37. The predicted octanol–water partition coefficient (Wildman–Crippen LogP) is 5.60. The van der Waals surface area contributed by atoms with Crippen molar-refractivity contribution < 1.29 is 27.5 Å². The molecule has 1 N–H and O–H groups in total. The van der Waals surface area contributed by atoms with E-state index in [0.29, 0.717) is 37.5 Å². The molecular formula is C28H27F3N4O3. The fraction of sp³-hybridized carbons (Fsp3) is 0.357. The Balaban J connectivity index is 1.48. The highest BCUT2D eigenvalue weighted by molar-refractivity contribution is 6.04. The van der Waals surface area contributed by atoms with Crippen molar-refractivity contribution in [3.8, 4) is 11.1 Å². The first-order valence-electron chi connectivity index (χ1n) is 12.5. The molecule has 0 saturated carbocycles. The normalized spacial score (nSPS) is 19.4. The molecule has 2 aliphatic heterocycles. The first kappa shape index (κ1) is 25.8. The van der Waals surface area contributed by atoms with Gasteiger partial charge in [0.15, 0.2) is 0 Å². The summed E-state index contributed by atoms with van der Waals surface area (Å²) in [7, 11) is 0. The van der Waals surface area contributed by atoms with Gasteiger partial charge in [-0.25, -0.2) is 4.98 Å². The van der Waals surface area contributed by atoms with Gasteiger partial charge >= 0.3 is 6.18 Å². The molecule has 10 heteroatoms. The lowest BCUT2D eigenvalue weighted by Crippen LogP contribution is -2.45. The Morgan fingerprint density at radius 1 is 1.16 bits per heavy atom. The third kappa shape index (κ3) is 4.88. The first-order chi connectivity index (χ1) is 18.2. The SMILES string of the molecule is CCN1C(=O)[C@@H]2COCCC[C@H]2c2cc(-c3cc(NC(=O)c4cncc(C(F)(F)F)c4)ccc3C)cnc21. The van der Waals surface area contributed by atoms with Gasteiger partial charge in [-0.05, 0) is 67.6 Å². The molecular weight excluding hydrogens is 497 g/mol. The van der Waals surface area contributed by atoms with Crippen molar-refractivity contribution in [2.75, 3.05) is 30.0 Å². The molecule has 1 saturated heterocycles. The molecule has 0 spiro atoms. The molecule has 3 aromatic rings. The lowest BCUT2D eigenvalue weighted by atomic mass is 9.79. The highest BCUT2D eigenvalue weighted by atomic mass is 19.4. The Labute approximate surface area is 218 Å². The van der Waals surface area contributed by atoms with Crippen LogP contribution in [0.1, 0.15) is 52.7 Å². The molecule has 38 heavy (non-hydrogen) atoms. The number of nitrogens with zero attached hydrogens (tertiary/aromatic N) is 3. The van der Waals surface area contributed by atoms with Crippen LogP contribution in [-0.4, -0.2) is 41.5 Å². The van der Waals surface area contributed by atoms with Crippen LogP contribution in [0.5, 0.6) is 0 Å². The van der Waals surface area contributed by atoms with Crippen molar-refractivity contribution >= 4 is 23.3 Å². The molecule has 0 radical (unpaired) electrons.